The summed E-state index contributed by atoms with van der Waals surface area (Å²) in [6.45, 7) is 3.31. The molecule has 28 heavy (non-hydrogen) atoms. The van der Waals surface area contributed by atoms with Crippen LogP contribution in [-0.2, 0) is 13.6 Å². The molecule has 0 aliphatic heterocycles. The molecule has 0 bridgehead atoms. The first kappa shape index (κ1) is 28.1. The van der Waals surface area contributed by atoms with Gasteiger partial charge in [0.05, 0.1) is 27.7 Å². The van der Waals surface area contributed by atoms with Crippen molar-refractivity contribution in [3.05, 3.63) is 0 Å². The molecule has 0 aromatic carbocycles. The van der Waals surface area contributed by atoms with Gasteiger partial charge in [-0.2, -0.15) is 0 Å². The zero-order valence-corrected chi connectivity index (χ0v) is 20.1. The maximum absolute atomic E-state index is 11.6. The largest absolute Gasteiger partial charge is 0.756 e. The van der Waals surface area contributed by atoms with Crippen molar-refractivity contribution in [2.24, 2.45) is 0 Å². The van der Waals surface area contributed by atoms with Crippen LogP contribution in [-0.4, -0.2) is 45.4 Å². The summed E-state index contributed by atoms with van der Waals surface area (Å²) in [7, 11) is 1.86. The highest BCUT2D eigenvalue weighted by atomic mass is 31.2. The Morgan fingerprint density at radius 2 is 1.00 bits per heavy atom. The third-order valence-electron chi connectivity index (χ3n) is 5.01. The third-order valence-corrected chi connectivity index (χ3v) is 6.01. The molecule has 0 aliphatic rings. The van der Waals surface area contributed by atoms with E-state index in [9.17, 15) is 9.46 Å². The van der Waals surface area contributed by atoms with Gasteiger partial charge in [-0.15, -0.1) is 0 Å². The van der Waals surface area contributed by atoms with Gasteiger partial charge in [0, 0.05) is 0 Å². The van der Waals surface area contributed by atoms with Crippen molar-refractivity contribution >= 4 is 7.82 Å². The van der Waals surface area contributed by atoms with Crippen molar-refractivity contribution < 1.29 is 23.0 Å². The first-order valence-electron chi connectivity index (χ1n) is 11.7. The van der Waals surface area contributed by atoms with Gasteiger partial charge in [-0.3, -0.25) is 4.57 Å². The number of quaternary nitrogens is 1. The van der Waals surface area contributed by atoms with Crippen LogP contribution in [0.5, 0.6) is 0 Å². The van der Waals surface area contributed by atoms with Gasteiger partial charge < -0.3 is 18.4 Å². The van der Waals surface area contributed by atoms with Crippen molar-refractivity contribution in [1.29, 1.82) is 0 Å². The van der Waals surface area contributed by atoms with Gasteiger partial charge in [-0.05, 0) is 6.42 Å². The van der Waals surface area contributed by atoms with Crippen molar-refractivity contribution in [2.45, 2.75) is 103 Å². The number of nitrogens with zero attached hydrogens (tertiary/aromatic N) is 1. The summed E-state index contributed by atoms with van der Waals surface area (Å²) in [4.78, 5) is 11.6. The second-order valence-corrected chi connectivity index (χ2v) is 10.5. The molecule has 0 saturated carbocycles. The number of unbranched alkanes of at least 4 members (excludes halogenated alkanes) is 14. The molecule has 0 rings (SSSR count). The van der Waals surface area contributed by atoms with E-state index in [1.54, 1.807) is 0 Å². The normalized spacial score (nSPS) is 14.3. The monoisotopic (exact) mass is 421 g/mol. The maximum Gasteiger partial charge on any atom is 0.268 e. The lowest BCUT2D eigenvalue weighted by atomic mass is 10.0. The molecule has 0 radical (unpaired) electrons. The molecular weight excluding hydrogens is 373 g/mol. The highest BCUT2D eigenvalue weighted by molar-refractivity contribution is 7.45. The average Bonchev–Trinajstić information content (AvgIpc) is 2.60. The summed E-state index contributed by atoms with van der Waals surface area (Å²) in [5.74, 6) is 0. The molecule has 6 heteroatoms. The topological polar surface area (TPSA) is 58.6 Å². The molecule has 0 spiro atoms. The van der Waals surface area contributed by atoms with E-state index in [1.807, 2.05) is 21.1 Å². The Morgan fingerprint density at radius 1 is 0.643 bits per heavy atom. The lowest BCUT2D eigenvalue weighted by Gasteiger charge is -2.27. The predicted octanol–water partition coefficient (Wildman–Crippen LogP) is 6.07. The molecule has 0 fully saturated rings. The zero-order chi connectivity index (χ0) is 21.1. The van der Waals surface area contributed by atoms with Crippen LogP contribution >= 0.6 is 7.82 Å². The molecule has 0 amide bonds. The van der Waals surface area contributed by atoms with Crippen LogP contribution in [0, 0.1) is 0 Å². The number of phosphoric ester groups is 1. The fourth-order valence-electron chi connectivity index (χ4n) is 3.11. The molecule has 0 N–H and O–H groups in total. The molecule has 1 unspecified atom stereocenters. The summed E-state index contributed by atoms with van der Waals surface area (Å²) in [6.07, 6.45) is 19.4. The van der Waals surface area contributed by atoms with Crippen LogP contribution in [0.1, 0.15) is 103 Å². The van der Waals surface area contributed by atoms with Crippen LogP contribution < -0.4 is 4.89 Å². The van der Waals surface area contributed by atoms with E-state index in [2.05, 4.69) is 6.92 Å². The first-order valence-corrected chi connectivity index (χ1v) is 13.1. The van der Waals surface area contributed by atoms with Crippen LogP contribution in [0.25, 0.3) is 0 Å². The van der Waals surface area contributed by atoms with E-state index in [-0.39, 0.29) is 13.2 Å². The van der Waals surface area contributed by atoms with Crippen LogP contribution in [0.15, 0.2) is 0 Å². The van der Waals surface area contributed by atoms with Gasteiger partial charge in [-0.25, -0.2) is 0 Å². The molecule has 0 heterocycles. The Bertz CT molecular complexity index is 385. The Labute approximate surface area is 175 Å². The molecule has 1 atom stereocenters. The Kier molecular flexibility index (Phi) is 17.9. The van der Waals surface area contributed by atoms with Crippen LogP contribution in [0.3, 0.4) is 0 Å². The van der Waals surface area contributed by atoms with Crippen molar-refractivity contribution in [3.8, 4) is 0 Å². The molecule has 0 saturated heterocycles. The van der Waals surface area contributed by atoms with E-state index < -0.39 is 7.82 Å². The molecular formula is C22H48NO4P. The third kappa shape index (κ3) is 22.4. The zero-order valence-electron chi connectivity index (χ0n) is 19.3. The Hall–Kier alpha value is 0.0700. The van der Waals surface area contributed by atoms with E-state index >= 15 is 0 Å². The highest BCUT2D eigenvalue weighted by Gasteiger charge is 2.12. The van der Waals surface area contributed by atoms with E-state index in [4.69, 9.17) is 9.05 Å². The van der Waals surface area contributed by atoms with Gasteiger partial charge in [0.15, 0.2) is 0 Å². The number of rotatable bonds is 21. The SMILES string of the molecule is CCCCCCCCCCCCCCCCCOP(=O)([O-])OCC[N+](C)(C)C. The van der Waals surface area contributed by atoms with Crippen LogP contribution in [0.4, 0.5) is 0 Å². The van der Waals surface area contributed by atoms with Gasteiger partial charge in [0.1, 0.15) is 13.2 Å². The van der Waals surface area contributed by atoms with Crippen molar-refractivity contribution in [3.63, 3.8) is 0 Å². The van der Waals surface area contributed by atoms with E-state index in [1.165, 1.54) is 77.0 Å². The van der Waals surface area contributed by atoms with Gasteiger partial charge >= 0.3 is 0 Å². The average molecular weight is 422 g/mol. The van der Waals surface area contributed by atoms with Crippen molar-refractivity contribution in [2.75, 3.05) is 40.9 Å². The smallest absolute Gasteiger partial charge is 0.268 e. The maximum atomic E-state index is 11.6. The fourth-order valence-corrected chi connectivity index (χ4v) is 3.85. The summed E-state index contributed by atoms with van der Waals surface area (Å²) >= 11 is 0. The Morgan fingerprint density at radius 3 is 1.39 bits per heavy atom. The molecule has 0 aliphatic carbocycles. The summed E-state index contributed by atoms with van der Waals surface area (Å²) in [6, 6.07) is 0. The number of hydrogen-bond donors (Lipinski definition) is 0. The Balaban J connectivity index is 3.29. The second kappa shape index (κ2) is 17.9. The van der Waals surface area contributed by atoms with Gasteiger partial charge in [0.2, 0.25) is 0 Å². The number of hydrogen-bond acceptors (Lipinski definition) is 4. The van der Waals surface area contributed by atoms with Gasteiger partial charge in [-0.1, -0.05) is 96.8 Å². The lowest BCUT2D eigenvalue weighted by Crippen LogP contribution is -2.37. The van der Waals surface area contributed by atoms with E-state index in [0.717, 1.165) is 19.3 Å². The van der Waals surface area contributed by atoms with Gasteiger partial charge in [0.25, 0.3) is 7.82 Å². The summed E-state index contributed by atoms with van der Waals surface area (Å²) < 4.78 is 22.1. The second-order valence-electron chi connectivity index (χ2n) is 9.08. The molecule has 0 aromatic rings. The minimum absolute atomic E-state index is 0.170. The highest BCUT2D eigenvalue weighted by Crippen LogP contribution is 2.38. The summed E-state index contributed by atoms with van der Waals surface area (Å²) in [5.41, 5.74) is 0. The molecule has 5 nitrogen and oxygen atoms in total. The lowest BCUT2D eigenvalue weighted by molar-refractivity contribution is -0.870. The minimum Gasteiger partial charge on any atom is -0.756 e. The standard InChI is InChI=1S/C22H48NO4P/c1-5-6-7-8-9-10-11-12-13-14-15-16-17-18-19-21-26-28(24,25)27-22-20-23(2,3)4/h5-22H2,1-4H3. The van der Waals surface area contributed by atoms with Crippen LogP contribution in [0.2, 0.25) is 0 Å². The quantitative estimate of drug-likeness (QED) is 0.128. The fraction of sp³-hybridized carbons (Fsp3) is 1.00. The van der Waals surface area contributed by atoms with Crippen molar-refractivity contribution in [1.82, 2.24) is 0 Å². The number of phosphoric acid groups is 1. The number of likely N-dealkylation sites (N-methyl/N-ethyl adjacent to an activating group) is 1. The molecule has 0 aromatic heterocycles. The summed E-state index contributed by atoms with van der Waals surface area (Å²) in [5, 5.41) is 0. The minimum atomic E-state index is -4.13. The predicted molar refractivity (Wildman–Crippen MR) is 117 cm³/mol. The first-order chi connectivity index (χ1) is 13.3. The van der Waals surface area contributed by atoms with E-state index in [0.29, 0.717) is 11.0 Å². The molecule has 170 valence electrons.